The van der Waals surface area contributed by atoms with Gasteiger partial charge in [0, 0.05) is 22.2 Å². The molecule has 0 aliphatic rings. The Bertz CT molecular complexity index is 485. The van der Waals surface area contributed by atoms with E-state index in [1.165, 1.54) is 4.88 Å². The van der Waals surface area contributed by atoms with Crippen molar-refractivity contribution in [1.82, 2.24) is 4.98 Å². The molecule has 0 N–H and O–H groups in total. The van der Waals surface area contributed by atoms with E-state index < -0.39 is 0 Å². The molecule has 1 heterocycles. The fraction of sp³-hybridized carbons (Fsp3) is 0.167. The second-order valence-corrected chi connectivity index (χ2v) is 4.64. The predicted octanol–water partition coefficient (Wildman–Crippen LogP) is 3.32. The highest BCUT2D eigenvalue weighted by Gasteiger charge is 2.03. The van der Waals surface area contributed by atoms with E-state index in [4.69, 9.17) is 0 Å². The first-order chi connectivity index (χ1) is 7.16. The van der Waals surface area contributed by atoms with Crippen molar-refractivity contribution in [1.29, 1.82) is 0 Å². The molecule has 0 spiro atoms. The SMILES string of the molecule is CC(=O)c1ccc(-c2ncc(C)s2)cc1. The van der Waals surface area contributed by atoms with Crippen molar-refractivity contribution in [2.45, 2.75) is 13.8 Å². The summed E-state index contributed by atoms with van der Waals surface area (Å²) in [5.74, 6) is 0.0943. The minimum absolute atomic E-state index is 0.0943. The molecule has 3 heteroatoms. The molecule has 0 amide bonds. The maximum atomic E-state index is 11.1. The van der Waals surface area contributed by atoms with Gasteiger partial charge in [-0.15, -0.1) is 11.3 Å². The Hall–Kier alpha value is -1.48. The quantitative estimate of drug-likeness (QED) is 0.722. The van der Waals surface area contributed by atoms with E-state index in [-0.39, 0.29) is 5.78 Å². The zero-order valence-corrected chi connectivity index (χ0v) is 9.47. The molecule has 0 radical (unpaired) electrons. The van der Waals surface area contributed by atoms with Crippen LogP contribution >= 0.6 is 11.3 Å². The Morgan fingerprint density at radius 2 is 1.93 bits per heavy atom. The third kappa shape index (κ3) is 2.13. The molecule has 1 aromatic heterocycles. The Labute approximate surface area is 92.6 Å². The number of hydrogen-bond donors (Lipinski definition) is 0. The molecular formula is C12H11NOS. The lowest BCUT2D eigenvalue weighted by Gasteiger charge is -1.97. The minimum Gasteiger partial charge on any atom is -0.295 e. The van der Waals surface area contributed by atoms with E-state index >= 15 is 0 Å². The second-order valence-electron chi connectivity index (χ2n) is 3.41. The molecule has 0 saturated carbocycles. The summed E-state index contributed by atoms with van der Waals surface area (Å²) < 4.78 is 0. The molecule has 1 aromatic carbocycles. The van der Waals surface area contributed by atoms with Gasteiger partial charge in [-0.05, 0) is 13.8 Å². The van der Waals surface area contributed by atoms with Gasteiger partial charge >= 0.3 is 0 Å². The number of rotatable bonds is 2. The normalized spacial score (nSPS) is 10.3. The molecular weight excluding hydrogens is 206 g/mol. The lowest BCUT2D eigenvalue weighted by atomic mass is 10.1. The number of carbonyl (C=O) groups is 1. The summed E-state index contributed by atoms with van der Waals surface area (Å²) in [4.78, 5) is 16.6. The van der Waals surface area contributed by atoms with Crippen LogP contribution in [0.15, 0.2) is 30.5 Å². The van der Waals surface area contributed by atoms with Gasteiger partial charge in [-0.3, -0.25) is 4.79 Å². The highest BCUT2D eigenvalue weighted by atomic mass is 32.1. The van der Waals surface area contributed by atoms with E-state index in [0.29, 0.717) is 0 Å². The van der Waals surface area contributed by atoms with Crippen LogP contribution in [0.25, 0.3) is 10.6 Å². The molecule has 0 aliphatic carbocycles. The number of Topliss-reactive ketones (excluding diaryl/α,β-unsaturated/α-hetero) is 1. The summed E-state index contributed by atoms with van der Waals surface area (Å²) in [6.45, 7) is 3.60. The Morgan fingerprint density at radius 3 is 2.40 bits per heavy atom. The lowest BCUT2D eigenvalue weighted by molar-refractivity contribution is 0.101. The van der Waals surface area contributed by atoms with Crippen LogP contribution in [0.3, 0.4) is 0 Å². The van der Waals surface area contributed by atoms with Crippen LogP contribution in [0.2, 0.25) is 0 Å². The van der Waals surface area contributed by atoms with Gasteiger partial charge in [-0.25, -0.2) is 4.98 Å². The number of aryl methyl sites for hydroxylation is 1. The molecule has 2 rings (SSSR count). The highest BCUT2D eigenvalue weighted by molar-refractivity contribution is 7.14. The van der Waals surface area contributed by atoms with Crippen LogP contribution < -0.4 is 0 Å². The Balaban J connectivity index is 2.35. The number of carbonyl (C=O) groups excluding carboxylic acids is 1. The van der Waals surface area contributed by atoms with Gasteiger partial charge in [-0.2, -0.15) is 0 Å². The summed E-state index contributed by atoms with van der Waals surface area (Å²) in [6.07, 6.45) is 1.86. The molecule has 0 bridgehead atoms. The minimum atomic E-state index is 0.0943. The van der Waals surface area contributed by atoms with Crippen molar-refractivity contribution in [2.75, 3.05) is 0 Å². The summed E-state index contributed by atoms with van der Waals surface area (Å²) in [5.41, 5.74) is 1.81. The van der Waals surface area contributed by atoms with Gasteiger partial charge in [-0.1, -0.05) is 24.3 Å². The standard InChI is InChI=1S/C12H11NOS/c1-8-7-13-12(15-8)11-5-3-10(4-6-11)9(2)14/h3-7H,1-2H3. The molecule has 0 unspecified atom stereocenters. The van der Waals surface area contributed by atoms with Crippen LogP contribution in [0.5, 0.6) is 0 Å². The Kier molecular flexibility index (Phi) is 2.64. The van der Waals surface area contributed by atoms with E-state index in [0.717, 1.165) is 16.1 Å². The van der Waals surface area contributed by atoms with Crippen molar-refractivity contribution in [3.05, 3.63) is 40.9 Å². The van der Waals surface area contributed by atoms with E-state index in [9.17, 15) is 4.79 Å². The first kappa shape index (κ1) is 10.1. The molecule has 0 saturated heterocycles. The maximum absolute atomic E-state index is 11.1. The van der Waals surface area contributed by atoms with Crippen LogP contribution in [-0.4, -0.2) is 10.8 Å². The van der Waals surface area contributed by atoms with Gasteiger partial charge in [0.1, 0.15) is 5.01 Å². The summed E-state index contributed by atoms with van der Waals surface area (Å²) in [6, 6.07) is 7.56. The number of ketones is 1. The van der Waals surface area contributed by atoms with E-state index in [1.807, 2.05) is 37.4 Å². The Morgan fingerprint density at radius 1 is 1.27 bits per heavy atom. The fourth-order valence-corrected chi connectivity index (χ4v) is 2.11. The molecule has 2 aromatic rings. The predicted molar refractivity (Wildman–Crippen MR) is 62.3 cm³/mol. The first-order valence-corrected chi connectivity index (χ1v) is 5.52. The van der Waals surface area contributed by atoms with Gasteiger partial charge in [0.2, 0.25) is 0 Å². The van der Waals surface area contributed by atoms with Crippen LogP contribution in [0.4, 0.5) is 0 Å². The second kappa shape index (κ2) is 3.95. The zero-order valence-electron chi connectivity index (χ0n) is 8.65. The van der Waals surface area contributed by atoms with Crippen LogP contribution in [-0.2, 0) is 0 Å². The number of nitrogens with zero attached hydrogens (tertiary/aromatic N) is 1. The molecule has 0 atom stereocenters. The third-order valence-corrected chi connectivity index (χ3v) is 3.12. The highest BCUT2D eigenvalue weighted by Crippen LogP contribution is 2.24. The topological polar surface area (TPSA) is 30.0 Å². The number of aromatic nitrogens is 1. The van der Waals surface area contributed by atoms with Gasteiger partial charge < -0.3 is 0 Å². The van der Waals surface area contributed by atoms with Crippen LogP contribution in [0.1, 0.15) is 22.2 Å². The molecule has 15 heavy (non-hydrogen) atoms. The lowest BCUT2D eigenvalue weighted by Crippen LogP contribution is -1.90. The summed E-state index contributed by atoms with van der Waals surface area (Å²) in [7, 11) is 0. The van der Waals surface area contributed by atoms with Gasteiger partial charge in [0.05, 0.1) is 0 Å². The van der Waals surface area contributed by atoms with Crippen molar-refractivity contribution < 1.29 is 4.79 Å². The third-order valence-electron chi connectivity index (χ3n) is 2.16. The number of hydrogen-bond acceptors (Lipinski definition) is 3. The monoisotopic (exact) mass is 217 g/mol. The zero-order chi connectivity index (χ0) is 10.8. The first-order valence-electron chi connectivity index (χ1n) is 4.70. The van der Waals surface area contributed by atoms with E-state index in [1.54, 1.807) is 18.3 Å². The molecule has 0 aliphatic heterocycles. The van der Waals surface area contributed by atoms with Gasteiger partial charge in [0.25, 0.3) is 0 Å². The van der Waals surface area contributed by atoms with Crippen molar-refractivity contribution >= 4 is 17.1 Å². The molecule has 76 valence electrons. The van der Waals surface area contributed by atoms with Crippen molar-refractivity contribution in [3.63, 3.8) is 0 Å². The molecule has 2 nitrogen and oxygen atoms in total. The number of benzene rings is 1. The van der Waals surface area contributed by atoms with Crippen molar-refractivity contribution in [3.8, 4) is 10.6 Å². The fourth-order valence-electron chi connectivity index (χ4n) is 1.34. The summed E-state index contributed by atoms with van der Waals surface area (Å²) in [5, 5.41) is 1.00. The van der Waals surface area contributed by atoms with Gasteiger partial charge in [0.15, 0.2) is 5.78 Å². The average Bonchev–Trinajstić information content (AvgIpc) is 2.65. The average molecular weight is 217 g/mol. The molecule has 0 fully saturated rings. The summed E-state index contributed by atoms with van der Waals surface area (Å²) >= 11 is 1.66. The largest absolute Gasteiger partial charge is 0.295 e. The van der Waals surface area contributed by atoms with Crippen molar-refractivity contribution in [2.24, 2.45) is 0 Å². The van der Waals surface area contributed by atoms with E-state index in [2.05, 4.69) is 4.98 Å². The van der Waals surface area contributed by atoms with Crippen LogP contribution in [0, 0.1) is 6.92 Å². The number of thiazole rings is 1. The maximum Gasteiger partial charge on any atom is 0.159 e. The smallest absolute Gasteiger partial charge is 0.159 e.